The molecule has 4 heterocycles. The van der Waals surface area contributed by atoms with Gasteiger partial charge in [-0.15, -0.1) is 0 Å². The fourth-order valence-corrected chi connectivity index (χ4v) is 7.02. The fourth-order valence-electron chi connectivity index (χ4n) is 7.02. The number of carbonyl (C=O) groups is 2. The number of rotatable bonds is 17. The predicted octanol–water partition coefficient (Wildman–Crippen LogP) is 6.60. The molecule has 0 bridgehead atoms. The van der Waals surface area contributed by atoms with Crippen LogP contribution in [0.3, 0.4) is 0 Å². The molecule has 2 amide bonds. The monoisotopic (exact) mass is 715 g/mol. The topological polar surface area (TPSA) is 125 Å². The lowest BCUT2D eigenvalue weighted by Crippen LogP contribution is -2.46. The molecule has 2 aliphatic rings. The van der Waals surface area contributed by atoms with Crippen LogP contribution in [0.15, 0.2) is 79.1 Å². The van der Waals surface area contributed by atoms with E-state index in [0.29, 0.717) is 28.6 Å². The Hall–Kier alpha value is -5.10. The maximum atomic E-state index is 12.4. The van der Waals surface area contributed by atoms with E-state index < -0.39 is 5.91 Å². The lowest BCUT2D eigenvalue weighted by atomic mass is 9.99. The van der Waals surface area contributed by atoms with E-state index in [1.165, 1.54) is 16.7 Å². The summed E-state index contributed by atoms with van der Waals surface area (Å²) in [6, 6.07) is 22.2. The average Bonchev–Trinajstić information content (AvgIpc) is 3.59. The Morgan fingerprint density at radius 2 is 1.64 bits per heavy atom. The van der Waals surface area contributed by atoms with Crippen molar-refractivity contribution < 1.29 is 19.1 Å². The lowest BCUT2D eigenvalue weighted by molar-refractivity contribution is -0.119. The van der Waals surface area contributed by atoms with E-state index in [0.717, 1.165) is 108 Å². The Kier molecular flexibility index (Phi) is 12.1. The molecule has 0 spiro atoms. The molecule has 5 aromatic rings. The quantitative estimate of drug-likeness (QED) is 0.0722. The summed E-state index contributed by atoms with van der Waals surface area (Å²) in [6.45, 7) is 10.9. The second-order valence-corrected chi connectivity index (χ2v) is 13.9. The van der Waals surface area contributed by atoms with Crippen molar-refractivity contribution in [2.45, 2.75) is 52.0 Å². The van der Waals surface area contributed by atoms with Crippen molar-refractivity contribution in [2.75, 3.05) is 57.8 Å². The van der Waals surface area contributed by atoms with Gasteiger partial charge in [0.15, 0.2) is 0 Å². The molecule has 7 rings (SSSR count). The van der Waals surface area contributed by atoms with Crippen LogP contribution in [-0.2, 0) is 28.9 Å². The first-order chi connectivity index (χ1) is 26.0. The molecule has 0 saturated carbocycles. The van der Waals surface area contributed by atoms with Crippen molar-refractivity contribution in [1.82, 2.24) is 30.1 Å². The number of nitrogens with zero attached hydrogens (tertiary/aromatic N) is 4. The number of carbonyl (C=O) groups excluding carboxylic acids is 2. The molecular weight excluding hydrogens is 667 g/mol. The molecular formula is C42H49N7O4. The number of aryl methyl sites for hydroxylation is 1. The van der Waals surface area contributed by atoms with Gasteiger partial charge >= 0.3 is 0 Å². The van der Waals surface area contributed by atoms with Crippen molar-refractivity contribution >= 4 is 28.8 Å². The number of hydrogen-bond acceptors (Lipinski definition) is 9. The van der Waals surface area contributed by atoms with Crippen molar-refractivity contribution in [1.29, 1.82) is 0 Å². The van der Waals surface area contributed by atoms with Gasteiger partial charge in [-0.1, -0.05) is 61.9 Å². The summed E-state index contributed by atoms with van der Waals surface area (Å²) in [7, 11) is 0. The standard InChI is InChI=1S/C42H49N7O4/c1-2-3-18-43-42-45-28-36-35(27-44-40(36)47-42)32-14-10-31(11-15-32)29-49-22-20-48(21-23-49)19-6-25-52-24-5-7-30-12-16-34(17-13-30)53-37-9-4-8-33-26-38(50)46-41(51)39(33)37/h4,8-17,27-28H,2-3,5-7,18-26,29H2,1H3,(H,46,50,51)(H2,43,44,45,47). The highest BCUT2D eigenvalue weighted by Crippen LogP contribution is 2.31. The molecule has 2 aromatic heterocycles. The van der Waals surface area contributed by atoms with E-state index in [4.69, 9.17) is 9.47 Å². The van der Waals surface area contributed by atoms with E-state index in [1.54, 1.807) is 12.1 Å². The third kappa shape index (κ3) is 9.47. The SMILES string of the molecule is CCCCNc1ncc2c(-c3ccc(CN4CCN(CCCOCCCc5ccc(Oc6cccc7c6C(=O)NC(=O)C7)cc5)CC4)cc3)c[nH]c2n1. The molecule has 276 valence electrons. The number of amides is 2. The first kappa shape index (κ1) is 36.3. The third-order valence-electron chi connectivity index (χ3n) is 9.99. The maximum absolute atomic E-state index is 12.4. The Balaban J connectivity index is 0.761. The lowest BCUT2D eigenvalue weighted by Gasteiger charge is -2.34. The number of nitrogens with one attached hydrogen (secondary N) is 3. The molecule has 0 unspecified atom stereocenters. The summed E-state index contributed by atoms with van der Waals surface area (Å²) < 4.78 is 12.0. The Morgan fingerprint density at radius 3 is 2.45 bits per heavy atom. The first-order valence-corrected chi connectivity index (χ1v) is 18.9. The Morgan fingerprint density at radius 1 is 0.868 bits per heavy atom. The van der Waals surface area contributed by atoms with Crippen LogP contribution in [0.25, 0.3) is 22.2 Å². The van der Waals surface area contributed by atoms with Gasteiger partial charge in [0.2, 0.25) is 11.9 Å². The van der Waals surface area contributed by atoms with Crippen LogP contribution < -0.4 is 15.4 Å². The predicted molar refractivity (Wildman–Crippen MR) is 207 cm³/mol. The van der Waals surface area contributed by atoms with Crippen molar-refractivity contribution in [3.8, 4) is 22.6 Å². The highest BCUT2D eigenvalue weighted by atomic mass is 16.5. The molecule has 1 fully saturated rings. The first-order valence-electron chi connectivity index (χ1n) is 18.9. The minimum Gasteiger partial charge on any atom is -0.457 e. The number of unbranched alkanes of at least 4 members (excludes halogenated alkanes) is 1. The Labute approximate surface area is 311 Å². The third-order valence-corrected chi connectivity index (χ3v) is 9.99. The fraction of sp³-hybridized carbons (Fsp3) is 0.381. The molecule has 0 aliphatic carbocycles. The van der Waals surface area contributed by atoms with Gasteiger partial charge in [0.25, 0.3) is 5.91 Å². The number of H-pyrrole nitrogens is 1. The number of aromatic amines is 1. The summed E-state index contributed by atoms with van der Waals surface area (Å²) in [6.07, 6.45) is 9.28. The minimum absolute atomic E-state index is 0.178. The molecule has 0 radical (unpaired) electrons. The number of piperazine rings is 1. The van der Waals surface area contributed by atoms with Crippen LogP contribution in [0.5, 0.6) is 11.5 Å². The molecule has 0 atom stereocenters. The van der Waals surface area contributed by atoms with Crippen LogP contribution in [-0.4, -0.2) is 89.0 Å². The number of benzene rings is 3. The van der Waals surface area contributed by atoms with Gasteiger partial charge in [-0.2, -0.15) is 4.98 Å². The van der Waals surface area contributed by atoms with Crippen LogP contribution in [0.1, 0.15) is 59.7 Å². The van der Waals surface area contributed by atoms with Gasteiger partial charge in [0.1, 0.15) is 17.1 Å². The zero-order chi connectivity index (χ0) is 36.4. The smallest absolute Gasteiger partial charge is 0.261 e. The van der Waals surface area contributed by atoms with Gasteiger partial charge in [0, 0.05) is 82.4 Å². The van der Waals surface area contributed by atoms with Gasteiger partial charge in [-0.3, -0.25) is 19.8 Å². The highest BCUT2D eigenvalue weighted by molar-refractivity contribution is 6.11. The largest absolute Gasteiger partial charge is 0.457 e. The molecule has 11 nitrogen and oxygen atoms in total. The number of fused-ring (bicyclic) bond motifs is 2. The second kappa shape index (κ2) is 17.6. The summed E-state index contributed by atoms with van der Waals surface area (Å²) in [5.74, 6) is 1.08. The highest BCUT2D eigenvalue weighted by Gasteiger charge is 2.26. The van der Waals surface area contributed by atoms with Crippen molar-refractivity contribution in [3.05, 3.63) is 101 Å². The number of ether oxygens (including phenoxy) is 2. The number of imide groups is 1. The van der Waals surface area contributed by atoms with E-state index in [1.807, 2.05) is 42.7 Å². The summed E-state index contributed by atoms with van der Waals surface area (Å²) >= 11 is 0. The normalized spacial score (nSPS) is 15.0. The molecule has 3 aromatic carbocycles. The Bertz CT molecular complexity index is 1990. The van der Waals surface area contributed by atoms with Crippen LogP contribution in [0, 0.1) is 0 Å². The molecule has 1 saturated heterocycles. The second-order valence-electron chi connectivity index (χ2n) is 13.9. The van der Waals surface area contributed by atoms with Crippen molar-refractivity contribution in [3.63, 3.8) is 0 Å². The van der Waals surface area contributed by atoms with E-state index in [2.05, 4.69) is 66.6 Å². The number of hydrogen-bond donors (Lipinski definition) is 3. The molecule has 3 N–H and O–H groups in total. The minimum atomic E-state index is -0.413. The summed E-state index contributed by atoms with van der Waals surface area (Å²) in [5, 5.41) is 6.71. The summed E-state index contributed by atoms with van der Waals surface area (Å²) in [5.41, 5.74) is 6.81. The molecule has 53 heavy (non-hydrogen) atoms. The maximum Gasteiger partial charge on any atom is 0.261 e. The zero-order valence-electron chi connectivity index (χ0n) is 30.5. The van der Waals surface area contributed by atoms with E-state index in [-0.39, 0.29) is 12.3 Å². The number of anilines is 1. The average molecular weight is 716 g/mol. The van der Waals surface area contributed by atoms with Gasteiger partial charge in [-0.25, -0.2) is 4.98 Å². The van der Waals surface area contributed by atoms with Crippen LogP contribution >= 0.6 is 0 Å². The van der Waals surface area contributed by atoms with Crippen molar-refractivity contribution in [2.24, 2.45) is 0 Å². The number of aromatic nitrogens is 3. The van der Waals surface area contributed by atoms with E-state index >= 15 is 0 Å². The van der Waals surface area contributed by atoms with E-state index in [9.17, 15) is 9.59 Å². The van der Waals surface area contributed by atoms with Gasteiger partial charge in [0.05, 0.1) is 12.0 Å². The molecule has 11 heteroatoms. The zero-order valence-corrected chi connectivity index (χ0v) is 30.5. The van der Waals surface area contributed by atoms with Gasteiger partial charge < -0.3 is 24.7 Å². The van der Waals surface area contributed by atoms with Gasteiger partial charge in [-0.05, 0) is 66.1 Å². The van der Waals surface area contributed by atoms with Crippen LogP contribution in [0.4, 0.5) is 5.95 Å². The van der Waals surface area contributed by atoms with Crippen LogP contribution in [0.2, 0.25) is 0 Å². The molecule has 2 aliphatic heterocycles. The summed E-state index contributed by atoms with van der Waals surface area (Å²) in [4.78, 5) is 41.7.